The first-order chi connectivity index (χ1) is 12.2. The van der Waals surface area contributed by atoms with Gasteiger partial charge < -0.3 is 10.1 Å². The molecule has 0 saturated carbocycles. The van der Waals surface area contributed by atoms with Crippen LogP contribution in [0.2, 0.25) is 0 Å². The van der Waals surface area contributed by atoms with E-state index in [1.54, 1.807) is 25.7 Å². The summed E-state index contributed by atoms with van der Waals surface area (Å²) in [6.45, 7) is 0. The van der Waals surface area contributed by atoms with Crippen molar-refractivity contribution in [2.45, 2.75) is 0 Å². The molecule has 0 saturated heterocycles. The maximum atomic E-state index is 12.5. The number of methoxy groups -OCH3 is 1. The molecule has 0 bridgehead atoms. The van der Waals surface area contributed by atoms with Gasteiger partial charge in [0.05, 0.1) is 7.11 Å². The lowest BCUT2D eigenvalue weighted by Gasteiger charge is -2.01. The fourth-order valence-corrected chi connectivity index (χ4v) is 3.12. The van der Waals surface area contributed by atoms with E-state index in [0.717, 1.165) is 17.0 Å². The molecular formula is C17H13N5O2S. The highest BCUT2D eigenvalue weighted by atomic mass is 32.1. The minimum absolute atomic E-state index is 0.200. The highest BCUT2D eigenvalue weighted by molar-refractivity contribution is 7.15. The fourth-order valence-electron chi connectivity index (χ4n) is 2.29. The molecule has 8 heteroatoms. The van der Waals surface area contributed by atoms with Crippen molar-refractivity contribution < 1.29 is 4.74 Å². The highest BCUT2D eigenvalue weighted by Gasteiger charge is 2.11. The summed E-state index contributed by atoms with van der Waals surface area (Å²) < 4.78 is 6.97. The van der Waals surface area contributed by atoms with E-state index >= 15 is 0 Å². The zero-order valence-electron chi connectivity index (χ0n) is 13.2. The van der Waals surface area contributed by atoms with Crippen molar-refractivity contribution in [3.05, 3.63) is 63.7 Å². The summed E-state index contributed by atoms with van der Waals surface area (Å²) in [5, 5.41) is 7.40. The van der Waals surface area contributed by atoms with Crippen LogP contribution < -0.4 is 20.1 Å². The lowest BCUT2D eigenvalue weighted by Crippen LogP contribution is -2.24. The van der Waals surface area contributed by atoms with Crippen molar-refractivity contribution >= 4 is 28.2 Å². The van der Waals surface area contributed by atoms with Crippen molar-refractivity contribution in [1.82, 2.24) is 19.6 Å². The first-order valence-corrected chi connectivity index (χ1v) is 8.27. The molecule has 0 amide bonds. The monoisotopic (exact) mass is 351 g/mol. The number of hydrogen-bond donors (Lipinski definition) is 1. The molecule has 3 heterocycles. The number of pyridine rings is 1. The number of benzene rings is 1. The van der Waals surface area contributed by atoms with Crippen molar-refractivity contribution in [3.63, 3.8) is 0 Å². The zero-order chi connectivity index (χ0) is 17.2. The Labute approximate surface area is 146 Å². The Morgan fingerprint density at radius 2 is 1.92 bits per heavy atom. The van der Waals surface area contributed by atoms with E-state index in [2.05, 4.69) is 20.4 Å². The molecule has 25 heavy (non-hydrogen) atoms. The Balaban J connectivity index is 1.65. The van der Waals surface area contributed by atoms with Gasteiger partial charge in [0.1, 0.15) is 10.3 Å². The summed E-state index contributed by atoms with van der Waals surface area (Å²) in [5.74, 6) is 1.29. The Morgan fingerprint density at radius 1 is 1.16 bits per heavy atom. The molecule has 0 atom stereocenters. The van der Waals surface area contributed by atoms with E-state index in [4.69, 9.17) is 4.74 Å². The van der Waals surface area contributed by atoms with Gasteiger partial charge in [-0.15, -0.1) is 5.10 Å². The second kappa shape index (κ2) is 6.33. The van der Waals surface area contributed by atoms with Gasteiger partial charge in [-0.05, 0) is 36.4 Å². The van der Waals surface area contributed by atoms with Gasteiger partial charge >= 0.3 is 0 Å². The molecule has 0 fully saturated rings. The first-order valence-electron chi connectivity index (χ1n) is 7.45. The Bertz CT molecular complexity index is 1120. The molecule has 4 rings (SSSR count). The third-order valence-electron chi connectivity index (χ3n) is 3.58. The topological polar surface area (TPSA) is 81.4 Å². The Hall–Kier alpha value is -3.26. The summed E-state index contributed by atoms with van der Waals surface area (Å²) >= 11 is 1.28. The number of thiazole rings is 1. The van der Waals surface area contributed by atoms with Gasteiger partial charge in [0.2, 0.25) is 4.96 Å². The Morgan fingerprint density at radius 3 is 2.60 bits per heavy atom. The van der Waals surface area contributed by atoms with Crippen LogP contribution in [0, 0.1) is 0 Å². The number of nitrogens with zero attached hydrogens (tertiary/aromatic N) is 4. The molecule has 4 aromatic rings. The van der Waals surface area contributed by atoms with Crippen molar-refractivity contribution in [3.8, 4) is 17.1 Å². The fraction of sp³-hybridized carbons (Fsp3) is 0.0588. The van der Waals surface area contributed by atoms with E-state index in [0.29, 0.717) is 15.3 Å². The van der Waals surface area contributed by atoms with Crippen molar-refractivity contribution in [2.24, 2.45) is 0 Å². The second-order valence-electron chi connectivity index (χ2n) is 5.15. The summed E-state index contributed by atoms with van der Waals surface area (Å²) in [7, 11) is 1.62. The van der Waals surface area contributed by atoms with E-state index in [1.807, 2.05) is 36.4 Å². The standard InChI is InChI=1S/C17H13N5O2S/c1-24-13-4-2-12(3-5-13)19-10-14-16(23)22-17(25-14)20-15(21-22)11-6-8-18-9-7-11/h2-10,19H,1H3/b14-10-. The van der Waals surface area contributed by atoms with Gasteiger partial charge in [-0.25, -0.2) is 0 Å². The average Bonchev–Trinajstić information content (AvgIpc) is 3.21. The minimum atomic E-state index is -0.200. The number of rotatable bonds is 4. The van der Waals surface area contributed by atoms with E-state index in [-0.39, 0.29) is 5.56 Å². The SMILES string of the molecule is COc1ccc(N/C=c2\sc3nc(-c4ccncc4)nn3c2=O)cc1. The minimum Gasteiger partial charge on any atom is -0.497 e. The molecule has 1 aromatic carbocycles. The quantitative estimate of drug-likeness (QED) is 0.604. The first kappa shape index (κ1) is 15.3. The van der Waals surface area contributed by atoms with Gasteiger partial charge in [0, 0.05) is 29.8 Å². The number of hydrogen-bond acceptors (Lipinski definition) is 7. The van der Waals surface area contributed by atoms with Crippen LogP contribution in [0.5, 0.6) is 5.75 Å². The lowest BCUT2D eigenvalue weighted by molar-refractivity contribution is 0.415. The average molecular weight is 351 g/mol. The zero-order valence-corrected chi connectivity index (χ0v) is 14.0. The Kier molecular flexibility index (Phi) is 3.87. The number of fused-ring (bicyclic) bond motifs is 1. The third kappa shape index (κ3) is 2.94. The normalized spacial score (nSPS) is 11.8. The molecule has 1 N–H and O–H groups in total. The van der Waals surface area contributed by atoms with Gasteiger partial charge in [0.25, 0.3) is 5.56 Å². The molecule has 7 nitrogen and oxygen atoms in total. The molecule has 0 unspecified atom stereocenters. The second-order valence-corrected chi connectivity index (χ2v) is 6.16. The number of anilines is 1. The van der Waals surface area contributed by atoms with Crippen LogP contribution in [-0.2, 0) is 0 Å². The summed E-state index contributed by atoms with van der Waals surface area (Å²) in [6, 6.07) is 11.1. The molecule has 0 aliphatic rings. The number of nitrogens with one attached hydrogen (secondary N) is 1. The molecule has 3 aromatic heterocycles. The van der Waals surface area contributed by atoms with Gasteiger partial charge in [0.15, 0.2) is 5.82 Å². The lowest BCUT2D eigenvalue weighted by atomic mass is 10.3. The van der Waals surface area contributed by atoms with Gasteiger partial charge in [-0.2, -0.15) is 9.50 Å². The van der Waals surface area contributed by atoms with Gasteiger partial charge in [-0.3, -0.25) is 9.78 Å². The smallest absolute Gasteiger partial charge is 0.292 e. The molecule has 124 valence electrons. The molecule has 0 aliphatic heterocycles. The maximum Gasteiger partial charge on any atom is 0.292 e. The molecule has 0 aliphatic carbocycles. The molecular weight excluding hydrogens is 338 g/mol. The van der Waals surface area contributed by atoms with Crippen LogP contribution in [0.15, 0.2) is 53.6 Å². The largest absolute Gasteiger partial charge is 0.497 e. The van der Waals surface area contributed by atoms with Crippen LogP contribution in [0.1, 0.15) is 0 Å². The molecule has 0 radical (unpaired) electrons. The van der Waals surface area contributed by atoms with Crippen LogP contribution in [0.25, 0.3) is 22.5 Å². The summed E-state index contributed by atoms with van der Waals surface area (Å²) in [6.07, 6.45) is 5.00. The highest BCUT2D eigenvalue weighted by Crippen LogP contribution is 2.16. The predicted molar refractivity (Wildman–Crippen MR) is 96.7 cm³/mol. The van der Waals surface area contributed by atoms with Crippen LogP contribution >= 0.6 is 11.3 Å². The number of ether oxygens (including phenoxy) is 1. The predicted octanol–water partition coefficient (Wildman–Crippen LogP) is 1.79. The summed E-state index contributed by atoms with van der Waals surface area (Å²) in [4.78, 5) is 21.4. The van der Waals surface area contributed by atoms with Crippen LogP contribution in [0.3, 0.4) is 0 Å². The van der Waals surface area contributed by atoms with Gasteiger partial charge in [-0.1, -0.05) is 11.3 Å². The van der Waals surface area contributed by atoms with E-state index < -0.39 is 0 Å². The molecule has 0 spiro atoms. The number of aromatic nitrogens is 4. The van der Waals surface area contributed by atoms with Crippen molar-refractivity contribution in [2.75, 3.05) is 12.4 Å². The van der Waals surface area contributed by atoms with Crippen LogP contribution in [0.4, 0.5) is 5.69 Å². The van der Waals surface area contributed by atoms with E-state index in [9.17, 15) is 4.79 Å². The van der Waals surface area contributed by atoms with E-state index in [1.165, 1.54) is 15.9 Å². The van der Waals surface area contributed by atoms with Crippen LogP contribution in [-0.4, -0.2) is 26.7 Å². The third-order valence-corrected chi connectivity index (χ3v) is 4.54. The van der Waals surface area contributed by atoms with Crippen molar-refractivity contribution in [1.29, 1.82) is 0 Å². The summed E-state index contributed by atoms with van der Waals surface area (Å²) in [5.41, 5.74) is 1.48. The maximum absolute atomic E-state index is 12.5.